The van der Waals surface area contributed by atoms with Crippen molar-refractivity contribution >= 4 is 29.7 Å². The van der Waals surface area contributed by atoms with Crippen molar-refractivity contribution in [2.24, 2.45) is 5.92 Å². The van der Waals surface area contributed by atoms with Gasteiger partial charge in [-0.1, -0.05) is 0 Å². The number of carbonyl (C=O) groups excluding carboxylic acids is 1. The minimum Gasteiger partial charge on any atom is -0.349 e. The molecular formula is C12H19ClN2OS. The lowest BCUT2D eigenvalue weighted by molar-refractivity contribution is 0.0922. The van der Waals surface area contributed by atoms with E-state index in [0.29, 0.717) is 5.92 Å². The minimum absolute atomic E-state index is 0. The predicted octanol–water partition coefficient (Wildman–Crippen LogP) is 2.29. The molecule has 0 radical (unpaired) electrons. The van der Waals surface area contributed by atoms with Gasteiger partial charge in [-0.3, -0.25) is 4.79 Å². The molecular weight excluding hydrogens is 256 g/mol. The molecule has 1 saturated heterocycles. The molecule has 5 heteroatoms. The molecule has 1 fully saturated rings. The maximum atomic E-state index is 11.8. The number of carbonyl (C=O) groups is 1. The fourth-order valence-electron chi connectivity index (χ4n) is 2.11. The Morgan fingerprint density at radius 1 is 1.65 bits per heavy atom. The second kappa shape index (κ2) is 6.99. The summed E-state index contributed by atoms with van der Waals surface area (Å²) in [5.41, 5.74) is 0.778. The molecule has 2 unspecified atom stereocenters. The van der Waals surface area contributed by atoms with Gasteiger partial charge in [-0.2, -0.15) is 11.3 Å². The van der Waals surface area contributed by atoms with Crippen LogP contribution >= 0.6 is 23.7 Å². The summed E-state index contributed by atoms with van der Waals surface area (Å²) in [6.07, 6.45) is 2.42. The maximum absolute atomic E-state index is 11.8. The zero-order valence-electron chi connectivity index (χ0n) is 9.94. The lowest BCUT2D eigenvalue weighted by Crippen LogP contribution is -2.44. The van der Waals surface area contributed by atoms with Crippen LogP contribution in [-0.2, 0) is 0 Å². The summed E-state index contributed by atoms with van der Waals surface area (Å²) in [5, 5.41) is 10.3. The molecule has 3 nitrogen and oxygen atoms in total. The van der Waals surface area contributed by atoms with Crippen molar-refractivity contribution < 1.29 is 4.79 Å². The summed E-state index contributed by atoms with van der Waals surface area (Å²) in [4.78, 5) is 11.8. The van der Waals surface area contributed by atoms with Crippen molar-refractivity contribution in [2.75, 3.05) is 13.1 Å². The number of rotatable bonds is 3. The van der Waals surface area contributed by atoms with E-state index in [0.717, 1.165) is 18.7 Å². The second-order valence-corrected chi connectivity index (χ2v) is 5.16. The highest BCUT2D eigenvalue weighted by molar-refractivity contribution is 7.08. The Labute approximate surface area is 112 Å². The van der Waals surface area contributed by atoms with Gasteiger partial charge in [0.1, 0.15) is 0 Å². The first-order valence-electron chi connectivity index (χ1n) is 5.81. The summed E-state index contributed by atoms with van der Waals surface area (Å²) in [6, 6.07) is 2.12. The van der Waals surface area contributed by atoms with Gasteiger partial charge in [-0.05, 0) is 50.2 Å². The average Bonchev–Trinajstić information content (AvgIpc) is 2.83. The third-order valence-electron chi connectivity index (χ3n) is 3.18. The number of amides is 1. The van der Waals surface area contributed by atoms with Crippen LogP contribution in [0.2, 0.25) is 0 Å². The van der Waals surface area contributed by atoms with Gasteiger partial charge >= 0.3 is 0 Å². The second-order valence-electron chi connectivity index (χ2n) is 4.38. The molecule has 1 aromatic rings. The first-order valence-corrected chi connectivity index (χ1v) is 6.75. The lowest BCUT2D eigenvalue weighted by Gasteiger charge is -2.28. The van der Waals surface area contributed by atoms with Crippen LogP contribution < -0.4 is 10.6 Å². The normalized spacial score (nSPS) is 21.4. The molecule has 2 atom stereocenters. The van der Waals surface area contributed by atoms with Gasteiger partial charge in [0.2, 0.25) is 0 Å². The first-order chi connectivity index (χ1) is 7.77. The van der Waals surface area contributed by atoms with E-state index in [-0.39, 0.29) is 24.4 Å². The molecule has 1 amide bonds. The van der Waals surface area contributed by atoms with Crippen LogP contribution in [-0.4, -0.2) is 25.0 Å². The predicted molar refractivity (Wildman–Crippen MR) is 74.1 cm³/mol. The molecule has 96 valence electrons. The fourth-order valence-corrected chi connectivity index (χ4v) is 2.74. The highest BCUT2D eigenvalue weighted by Crippen LogP contribution is 2.15. The van der Waals surface area contributed by atoms with Crippen molar-refractivity contribution in [3.05, 3.63) is 22.4 Å². The molecule has 0 saturated carbocycles. The van der Waals surface area contributed by atoms with Crippen LogP contribution in [0.25, 0.3) is 0 Å². The molecule has 17 heavy (non-hydrogen) atoms. The molecule has 0 aromatic carbocycles. The van der Waals surface area contributed by atoms with E-state index in [1.165, 1.54) is 12.8 Å². The average molecular weight is 275 g/mol. The highest BCUT2D eigenvalue weighted by Gasteiger charge is 2.21. The number of hydrogen-bond donors (Lipinski definition) is 2. The Bertz CT molecular complexity index is 336. The van der Waals surface area contributed by atoms with Gasteiger partial charge < -0.3 is 10.6 Å². The van der Waals surface area contributed by atoms with Crippen LogP contribution in [0, 0.1) is 5.92 Å². The maximum Gasteiger partial charge on any atom is 0.252 e. The van der Waals surface area contributed by atoms with Crippen molar-refractivity contribution in [1.29, 1.82) is 0 Å². The largest absolute Gasteiger partial charge is 0.349 e. The Morgan fingerprint density at radius 3 is 3.06 bits per heavy atom. The Hall–Kier alpha value is -0.580. The van der Waals surface area contributed by atoms with Gasteiger partial charge in [-0.15, -0.1) is 12.4 Å². The molecule has 1 aliphatic rings. The number of piperidine rings is 1. The molecule has 0 spiro atoms. The topological polar surface area (TPSA) is 41.1 Å². The standard InChI is InChI=1S/C12H18N2OS.ClH/c1-9(10-3-2-5-13-7-10)14-12(15)11-4-6-16-8-11;/h4,6,8-10,13H,2-3,5,7H2,1H3,(H,14,15);1H. The number of nitrogens with one attached hydrogen (secondary N) is 2. The molecule has 2 N–H and O–H groups in total. The summed E-state index contributed by atoms with van der Waals surface area (Å²) in [7, 11) is 0. The smallest absolute Gasteiger partial charge is 0.252 e. The summed E-state index contributed by atoms with van der Waals surface area (Å²) in [6.45, 7) is 4.23. The van der Waals surface area contributed by atoms with Crippen LogP contribution in [0.4, 0.5) is 0 Å². The van der Waals surface area contributed by atoms with Gasteiger partial charge in [0.05, 0.1) is 0 Å². The highest BCUT2D eigenvalue weighted by atomic mass is 35.5. The lowest BCUT2D eigenvalue weighted by atomic mass is 9.93. The summed E-state index contributed by atoms with van der Waals surface area (Å²) in [5.74, 6) is 0.621. The monoisotopic (exact) mass is 274 g/mol. The molecule has 1 aliphatic heterocycles. The summed E-state index contributed by atoms with van der Waals surface area (Å²) < 4.78 is 0. The molecule has 2 heterocycles. The Balaban J connectivity index is 0.00000144. The van der Waals surface area contributed by atoms with Crippen molar-refractivity contribution in [2.45, 2.75) is 25.8 Å². The van der Waals surface area contributed by atoms with E-state index in [1.807, 2.05) is 16.8 Å². The van der Waals surface area contributed by atoms with Gasteiger partial charge in [0.15, 0.2) is 0 Å². The molecule has 1 aromatic heterocycles. The first kappa shape index (κ1) is 14.5. The molecule has 0 aliphatic carbocycles. The van der Waals surface area contributed by atoms with Crippen LogP contribution in [0.15, 0.2) is 16.8 Å². The van der Waals surface area contributed by atoms with Crippen molar-refractivity contribution in [3.63, 3.8) is 0 Å². The van der Waals surface area contributed by atoms with Gasteiger partial charge in [0.25, 0.3) is 5.91 Å². The van der Waals surface area contributed by atoms with Crippen LogP contribution in [0.5, 0.6) is 0 Å². The zero-order chi connectivity index (χ0) is 11.4. The Morgan fingerprint density at radius 2 is 2.47 bits per heavy atom. The SMILES string of the molecule is CC(NC(=O)c1ccsc1)C1CCCNC1.Cl. The minimum atomic E-state index is 0. The third kappa shape index (κ3) is 3.98. The van der Waals surface area contributed by atoms with E-state index in [9.17, 15) is 4.79 Å². The Kier molecular flexibility index (Phi) is 5.95. The van der Waals surface area contributed by atoms with E-state index >= 15 is 0 Å². The fraction of sp³-hybridized carbons (Fsp3) is 0.583. The summed E-state index contributed by atoms with van der Waals surface area (Å²) >= 11 is 1.56. The van der Waals surface area contributed by atoms with E-state index in [1.54, 1.807) is 11.3 Å². The van der Waals surface area contributed by atoms with E-state index < -0.39 is 0 Å². The van der Waals surface area contributed by atoms with Crippen LogP contribution in [0.3, 0.4) is 0 Å². The zero-order valence-corrected chi connectivity index (χ0v) is 11.6. The number of thiophene rings is 1. The quantitative estimate of drug-likeness (QED) is 0.888. The number of halogens is 1. The van der Waals surface area contributed by atoms with E-state index in [2.05, 4.69) is 17.6 Å². The van der Waals surface area contributed by atoms with Crippen molar-refractivity contribution in [1.82, 2.24) is 10.6 Å². The van der Waals surface area contributed by atoms with Gasteiger partial charge in [0, 0.05) is 17.0 Å². The molecule has 2 rings (SSSR count). The van der Waals surface area contributed by atoms with Gasteiger partial charge in [-0.25, -0.2) is 0 Å². The van der Waals surface area contributed by atoms with Crippen molar-refractivity contribution in [3.8, 4) is 0 Å². The van der Waals surface area contributed by atoms with E-state index in [4.69, 9.17) is 0 Å². The van der Waals surface area contributed by atoms with Crippen LogP contribution in [0.1, 0.15) is 30.1 Å². The molecule has 0 bridgehead atoms. The number of hydrogen-bond acceptors (Lipinski definition) is 3. The third-order valence-corrected chi connectivity index (χ3v) is 3.87.